The van der Waals surface area contributed by atoms with Crippen molar-refractivity contribution < 1.29 is 9.47 Å². The van der Waals surface area contributed by atoms with Crippen molar-refractivity contribution in [2.24, 2.45) is 4.99 Å². The predicted molar refractivity (Wildman–Crippen MR) is 130 cm³/mol. The zero-order valence-electron chi connectivity index (χ0n) is 18.0. The molecule has 2 saturated heterocycles. The van der Waals surface area contributed by atoms with Crippen LogP contribution in [-0.4, -0.2) is 94.5 Å². The van der Waals surface area contributed by atoms with Crippen LogP contribution in [0.4, 0.5) is 5.69 Å². The predicted octanol–water partition coefficient (Wildman–Crippen LogP) is 2.12. The molecule has 0 bridgehead atoms. The zero-order chi connectivity index (χ0) is 19.8. The number of piperazine rings is 1. The summed E-state index contributed by atoms with van der Waals surface area (Å²) in [5.41, 5.74) is 1.17. The molecule has 1 aromatic carbocycles. The Kier molecular flexibility index (Phi) is 10.3. The Bertz CT molecular complexity index is 631. The van der Waals surface area contributed by atoms with E-state index in [1.54, 1.807) is 7.11 Å². The average molecular weight is 517 g/mol. The fourth-order valence-corrected chi connectivity index (χ4v) is 3.83. The number of methoxy groups -OCH3 is 1. The molecule has 0 aromatic heterocycles. The van der Waals surface area contributed by atoms with E-state index < -0.39 is 0 Å². The summed E-state index contributed by atoms with van der Waals surface area (Å²) < 4.78 is 11.0. The van der Waals surface area contributed by atoms with Crippen LogP contribution < -0.4 is 15.0 Å². The summed E-state index contributed by atoms with van der Waals surface area (Å²) in [7, 11) is 1.74. The van der Waals surface area contributed by atoms with Crippen molar-refractivity contribution in [2.75, 3.05) is 77.6 Å². The standard InChI is InChI=1S/C21H35N5O2.HI/c1-4-22-21(23-17-18(2)24-13-15-28-16-14-24)26-11-9-25(10-12-26)19-7-5-6-8-20(19)27-3;/h5-8,18H,4,9-17H2,1-3H3,(H,22,23);1H. The molecular weight excluding hydrogens is 481 g/mol. The van der Waals surface area contributed by atoms with Gasteiger partial charge in [0.2, 0.25) is 0 Å². The second-order valence-corrected chi connectivity index (χ2v) is 7.34. The summed E-state index contributed by atoms with van der Waals surface area (Å²) in [4.78, 5) is 12.2. The van der Waals surface area contributed by atoms with Crippen LogP contribution >= 0.6 is 24.0 Å². The van der Waals surface area contributed by atoms with Crippen molar-refractivity contribution in [3.8, 4) is 5.75 Å². The van der Waals surface area contributed by atoms with Crippen LogP contribution in [-0.2, 0) is 4.74 Å². The zero-order valence-corrected chi connectivity index (χ0v) is 20.3. The van der Waals surface area contributed by atoms with Gasteiger partial charge in [-0.15, -0.1) is 24.0 Å². The summed E-state index contributed by atoms with van der Waals surface area (Å²) in [6.07, 6.45) is 0. The molecule has 0 amide bonds. The molecule has 0 aliphatic carbocycles. The summed E-state index contributed by atoms with van der Waals surface area (Å²) in [6, 6.07) is 8.69. The van der Waals surface area contributed by atoms with Crippen LogP contribution in [0.1, 0.15) is 13.8 Å². The highest BCUT2D eigenvalue weighted by molar-refractivity contribution is 14.0. The highest BCUT2D eigenvalue weighted by Gasteiger charge is 2.22. The van der Waals surface area contributed by atoms with Gasteiger partial charge in [-0.3, -0.25) is 9.89 Å². The number of para-hydroxylation sites is 2. The van der Waals surface area contributed by atoms with Crippen LogP contribution in [0.25, 0.3) is 0 Å². The van der Waals surface area contributed by atoms with Gasteiger partial charge in [0.1, 0.15) is 5.75 Å². The number of benzene rings is 1. The van der Waals surface area contributed by atoms with Crippen molar-refractivity contribution in [2.45, 2.75) is 19.9 Å². The lowest BCUT2D eigenvalue weighted by Gasteiger charge is -2.38. The van der Waals surface area contributed by atoms with E-state index in [-0.39, 0.29) is 24.0 Å². The lowest BCUT2D eigenvalue weighted by molar-refractivity contribution is 0.0220. The number of morpholine rings is 1. The molecule has 2 fully saturated rings. The Balaban J connectivity index is 0.00000300. The van der Waals surface area contributed by atoms with Crippen molar-refractivity contribution in [1.82, 2.24) is 15.1 Å². The number of hydrogen-bond acceptors (Lipinski definition) is 5. The van der Waals surface area contributed by atoms with Crippen molar-refractivity contribution >= 4 is 35.6 Å². The fraction of sp³-hybridized carbons (Fsp3) is 0.667. The minimum absolute atomic E-state index is 0. The largest absolute Gasteiger partial charge is 0.495 e. The van der Waals surface area contributed by atoms with Crippen LogP contribution in [0.2, 0.25) is 0 Å². The summed E-state index contributed by atoms with van der Waals surface area (Å²) >= 11 is 0. The summed E-state index contributed by atoms with van der Waals surface area (Å²) in [5.74, 6) is 1.97. The van der Waals surface area contributed by atoms with E-state index in [1.165, 1.54) is 5.69 Å². The molecule has 0 radical (unpaired) electrons. The molecule has 3 rings (SSSR count). The Labute approximate surface area is 192 Å². The van der Waals surface area contributed by atoms with E-state index in [0.29, 0.717) is 6.04 Å². The normalized spacial score (nSPS) is 19.5. The van der Waals surface area contributed by atoms with Crippen LogP contribution in [0.3, 0.4) is 0 Å². The molecule has 2 aliphatic heterocycles. The van der Waals surface area contributed by atoms with E-state index in [2.05, 4.69) is 46.0 Å². The smallest absolute Gasteiger partial charge is 0.194 e. The number of halogens is 1. The lowest BCUT2D eigenvalue weighted by atomic mass is 10.2. The topological polar surface area (TPSA) is 52.6 Å². The highest BCUT2D eigenvalue weighted by atomic mass is 127. The molecule has 164 valence electrons. The van der Waals surface area contributed by atoms with Crippen LogP contribution in [0, 0.1) is 0 Å². The molecule has 0 saturated carbocycles. The van der Waals surface area contributed by atoms with E-state index in [9.17, 15) is 0 Å². The Morgan fingerprint density at radius 1 is 1.14 bits per heavy atom. The maximum Gasteiger partial charge on any atom is 0.194 e. The molecule has 1 atom stereocenters. The van der Waals surface area contributed by atoms with Gasteiger partial charge in [0, 0.05) is 51.9 Å². The first kappa shape index (κ1) is 24.0. The van der Waals surface area contributed by atoms with Crippen LogP contribution in [0.15, 0.2) is 29.3 Å². The van der Waals surface area contributed by atoms with E-state index in [4.69, 9.17) is 14.5 Å². The first-order chi connectivity index (χ1) is 13.7. The van der Waals surface area contributed by atoms with Gasteiger partial charge in [-0.1, -0.05) is 12.1 Å². The van der Waals surface area contributed by atoms with E-state index in [1.807, 2.05) is 12.1 Å². The first-order valence-corrected chi connectivity index (χ1v) is 10.5. The number of guanidine groups is 1. The van der Waals surface area contributed by atoms with E-state index in [0.717, 1.165) is 77.3 Å². The second-order valence-electron chi connectivity index (χ2n) is 7.34. The quantitative estimate of drug-likeness (QED) is 0.355. The average Bonchev–Trinajstić information content (AvgIpc) is 2.77. The van der Waals surface area contributed by atoms with Gasteiger partial charge in [0.05, 0.1) is 32.6 Å². The Morgan fingerprint density at radius 3 is 2.48 bits per heavy atom. The molecular formula is C21H36IN5O2. The highest BCUT2D eigenvalue weighted by Crippen LogP contribution is 2.28. The maximum absolute atomic E-state index is 5.53. The van der Waals surface area contributed by atoms with Gasteiger partial charge in [0.15, 0.2) is 5.96 Å². The third-order valence-electron chi connectivity index (χ3n) is 5.51. The number of ether oxygens (including phenoxy) is 2. The monoisotopic (exact) mass is 517 g/mol. The first-order valence-electron chi connectivity index (χ1n) is 10.5. The minimum atomic E-state index is 0. The summed E-state index contributed by atoms with van der Waals surface area (Å²) in [5, 5.41) is 3.48. The third-order valence-corrected chi connectivity index (χ3v) is 5.51. The van der Waals surface area contributed by atoms with Crippen molar-refractivity contribution in [3.63, 3.8) is 0 Å². The molecule has 1 N–H and O–H groups in total. The molecule has 8 heteroatoms. The maximum atomic E-state index is 5.53. The number of aliphatic imine (C=N–C) groups is 1. The second kappa shape index (κ2) is 12.4. The number of nitrogens with zero attached hydrogens (tertiary/aromatic N) is 4. The van der Waals surface area contributed by atoms with Gasteiger partial charge in [-0.2, -0.15) is 0 Å². The molecule has 7 nitrogen and oxygen atoms in total. The molecule has 2 aliphatic rings. The molecule has 1 aromatic rings. The SMILES string of the molecule is CCNC(=NCC(C)N1CCOCC1)N1CCN(c2ccccc2OC)CC1.I. The van der Waals surface area contributed by atoms with Crippen molar-refractivity contribution in [1.29, 1.82) is 0 Å². The number of rotatable bonds is 6. The number of nitrogens with one attached hydrogen (secondary N) is 1. The fourth-order valence-electron chi connectivity index (χ4n) is 3.83. The third kappa shape index (κ3) is 6.62. The van der Waals surface area contributed by atoms with Gasteiger partial charge in [-0.25, -0.2) is 0 Å². The van der Waals surface area contributed by atoms with Gasteiger partial charge < -0.3 is 24.6 Å². The minimum Gasteiger partial charge on any atom is -0.495 e. The van der Waals surface area contributed by atoms with Gasteiger partial charge in [0.25, 0.3) is 0 Å². The number of hydrogen-bond donors (Lipinski definition) is 1. The summed E-state index contributed by atoms with van der Waals surface area (Å²) in [6.45, 7) is 13.6. The van der Waals surface area contributed by atoms with Gasteiger partial charge in [-0.05, 0) is 26.0 Å². The van der Waals surface area contributed by atoms with Crippen molar-refractivity contribution in [3.05, 3.63) is 24.3 Å². The van der Waals surface area contributed by atoms with Gasteiger partial charge >= 0.3 is 0 Å². The lowest BCUT2D eigenvalue weighted by Crippen LogP contribution is -2.53. The molecule has 2 heterocycles. The Morgan fingerprint density at radius 2 is 1.83 bits per heavy atom. The molecule has 1 unspecified atom stereocenters. The van der Waals surface area contributed by atoms with Crippen LogP contribution in [0.5, 0.6) is 5.75 Å². The Hall–Kier alpha value is -1.26. The van der Waals surface area contributed by atoms with E-state index >= 15 is 0 Å². The number of anilines is 1. The molecule has 29 heavy (non-hydrogen) atoms. The molecule has 0 spiro atoms.